The van der Waals surface area contributed by atoms with Gasteiger partial charge in [-0.3, -0.25) is 14.4 Å². The minimum atomic E-state index is -0.586. The second-order valence-corrected chi connectivity index (χ2v) is 7.94. The summed E-state index contributed by atoms with van der Waals surface area (Å²) >= 11 is 0. The number of Topliss-reactive ketones (excluding diaryl/α,β-unsaturated/α-hetero) is 1. The highest BCUT2D eigenvalue weighted by atomic mass is 16.5. The Morgan fingerprint density at radius 1 is 1.06 bits per heavy atom. The van der Waals surface area contributed by atoms with E-state index in [2.05, 4.69) is 9.97 Å². The van der Waals surface area contributed by atoms with Crippen molar-refractivity contribution in [3.8, 4) is 5.75 Å². The number of pyridine rings is 1. The molecule has 2 aliphatic heterocycles. The van der Waals surface area contributed by atoms with Crippen LogP contribution in [0.1, 0.15) is 33.6 Å². The number of ether oxygens (including phenoxy) is 1. The molecule has 0 unspecified atom stereocenters. The zero-order valence-corrected chi connectivity index (χ0v) is 17.1. The molecule has 0 radical (unpaired) electrons. The van der Waals surface area contributed by atoms with Crippen LogP contribution >= 0.6 is 0 Å². The van der Waals surface area contributed by atoms with Crippen molar-refractivity contribution in [2.45, 2.75) is 24.9 Å². The largest absolute Gasteiger partial charge is 0.496 e. The summed E-state index contributed by atoms with van der Waals surface area (Å²) in [5, 5.41) is 0.508. The van der Waals surface area contributed by atoms with Crippen LogP contribution in [0.5, 0.6) is 5.75 Å². The molecule has 0 aliphatic carbocycles. The molecule has 8 nitrogen and oxygen atoms in total. The van der Waals surface area contributed by atoms with Gasteiger partial charge in [0.05, 0.1) is 30.1 Å². The molecule has 2 aliphatic rings. The Balaban J connectivity index is 1.38. The fraction of sp³-hybridized carbons (Fsp3) is 0.304. The lowest BCUT2D eigenvalue weighted by Crippen LogP contribution is -2.58. The summed E-state index contributed by atoms with van der Waals surface area (Å²) in [6, 6.07) is 10.5. The van der Waals surface area contributed by atoms with Crippen molar-refractivity contribution in [1.82, 2.24) is 19.8 Å². The molecule has 8 heteroatoms. The number of carbonyl (C=O) groups is 3. The number of carbonyl (C=O) groups excluding carboxylic acids is 3. The number of benzene rings is 1. The summed E-state index contributed by atoms with van der Waals surface area (Å²) in [7, 11) is 1.51. The van der Waals surface area contributed by atoms with Crippen molar-refractivity contribution in [3.63, 3.8) is 0 Å². The van der Waals surface area contributed by atoms with Crippen LogP contribution in [0, 0.1) is 0 Å². The number of nitrogens with zero attached hydrogens (tertiary/aromatic N) is 3. The average molecular weight is 418 g/mol. The van der Waals surface area contributed by atoms with Crippen molar-refractivity contribution in [3.05, 3.63) is 59.9 Å². The van der Waals surface area contributed by atoms with E-state index in [1.54, 1.807) is 34.2 Å². The molecule has 3 aromatic rings. The molecular weight excluding hydrogens is 396 g/mol. The summed E-state index contributed by atoms with van der Waals surface area (Å²) in [6.45, 7) is 0.865. The van der Waals surface area contributed by atoms with Crippen LogP contribution < -0.4 is 4.74 Å². The van der Waals surface area contributed by atoms with Crippen molar-refractivity contribution in [1.29, 1.82) is 0 Å². The van der Waals surface area contributed by atoms with Gasteiger partial charge >= 0.3 is 0 Å². The van der Waals surface area contributed by atoms with Gasteiger partial charge in [-0.25, -0.2) is 4.98 Å². The third-order valence-corrected chi connectivity index (χ3v) is 6.22. The molecule has 0 spiro atoms. The van der Waals surface area contributed by atoms with Gasteiger partial charge in [0.25, 0.3) is 17.6 Å². The molecule has 158 valence electrons. The number of hydrogen-bond acceptors (Lipinski definition) is 5. The van der Waals surface area contributed by atoms with Gasteiger partial charge in [-0.2, -0.15) is 0 Å². The number of hydrogen-bond donors (Lipinski definition) is 1. The quantitative estimate of drug-likeness (QED) is 0.518. The van der Waals surface area contributed by atoms with E-state index >= 15 is 0 Å². The van der Waals surface area contributed by atoms with Crippen LogP contribution in [0.3, 0.4) is 0 Å². The van der Waals surface area contributed by atoms with Gasteiger partial charge in [-0.15, -0.1) is 0 Å². The number of H-pyrrole nitrogens is 1. The fourth-order valence-corrected chi connectivity index (χ4v) is 4.77. The number of aromatic amines is 1. The maximum atomic E-state index is 13.2. The molecule has 31 heavy (non-hydrogen) atoms. The van der Waals surface area contributed by atoms with E-state index in [1.807, 2.05) is 18.2 Å². The molecular formula is C23H22N4O4. The first-order valence-electron chi connectivity index (χ1n) is 10.3. The predicted molar refractivity (Wildman–Crippen MR) is 113 cm³/mol. The molecule has 2 saturated heterocycles. The Labute approximate surface area is 178 Å². The summed E-state index contributed by atoms with van der Waals surface area (Å²) in [6.07, 6.45) is 4.65. The lowest BCUT2D eigenvalue weighted by Gasteiger charge is -2.40. The van der Waals surface area contributed by atoms with Crippen LogP contribution in [0.25, 0.3) is 11.0 Å². The Morgan fingerprint density at radius 2 is 1.77 bits per heavy atom. The van der Waals surface area contributed by atoms with Gasteiger partial charge in [0.1, 0.15) is 11.4 Å². The molecule has 0 saturated carbocycles. The number of ketones is 1. The van der Waals surface area contributed by atoms with E-state index in [-0.39, 0.29) is 23.6 Å². The first-order valence-corrected chi connectivity index (χ1v) is 10.3. The van der Waals surface area contributed by atoms with Crippen LogP contribution in [0.4, 0.5) is 0 Å². The van der Waals surface area contributed by atoms with Crippen molar-refractivity contribution >= 4 is 28.6 Å². The number of amides is 2. The Hall–Kier alpha value is -3.68. The first-order chi connectivity index (χ1) is 15.1. The third kappa shape index (κ3) is 3.15. The fourth-order valence-electron chi connectivity index (χ4n) is 4.77. The molecule has 5 rings (SSSR count). The molecule has 2 bridgehead atoms. The first kappa shape index (κ1) is 19.3. The monoisotopic (exact) mass is 418 g/mol. The highest BCUT2D eigenvalue weighted by Crippen LogP contribution is 2.33. The smallest absolute Gasteiger partial charge is 0.295 e. The average Bonchev–Trinajstić information content (AvgIpc) is 3.36. The van der Waals surface area contributed by atoms with E-state index in [9.17, 15) is 14.4 Å². The van der Waals surface area contributed by atoms with Crippen LogP contribution in [0.15, 0.2) is 48.8 Å². The van der Waals surface area contributed by atoms with Gasteiger partial charge in [0, 0.05) is 31.0 Å². The molecule has 4 heterocycles. The topological polar surface area (TPSA) is 95.6 Å². The number of piperazine rings is 1. The molecule has 1 N–H and O–H groups in total. The molecule has 2 atom stereocenters. The number of methoxy groups -OCH3 is 1. The van der Waals surface area contributed by atoms with Crippen LogP contribution in [-0.4, -0.2) is 69.6 Å². The maximum absolute atomic E-state index is 13.2. The standard InChI is InChI=1S/C23H22N4O4/c1-31-18-9-10-24-21-19(18)17(11-25-21)20(28)23(30)27-15-7-8-16(27)13-26(12-15)22(29)14-5-3-2-4-6-14/h2-6,9-11,15-16H,7-8,12-13H2,1H3,(H,24,25)/t15-,16+. The number of likely N-dealkylation sites (tertiary alicyclic amines) is 1. The normalized spacial score (nSPS) is 20.2. The number of aromatic nitrogens is 2. The molecule has 2 amide bonds. The van der Waals surface area contributed by atoms with E-state index in [1.165, 1.54) is 13.3 Å². The van der Waals surface area contributed by atoms with E-state index in [4.69, 9.17) is 4.74 Å². The van der Waals surface area contributed by atoms with Crippen molar-refractivity contribution < 1.29 is 19.1 Å². The molecule has 2 fully saturated rings. The zero-order valence-electron chi connectivity index (χ0n) is 17.1. The van der Waals surface area contributed by atoms with Gasteiger partial charge in [-0.05, 0) is 31.0 Å². The van der Waals surface area contributed by atoms with Crippen LogP contribution in [-0.2, 0) is 4.79 Å². The lowest BCUT2D eigenvalue weighted by molar-refractivity contribution is -0.131. The molecule has 2 aromatic heterocycles. The van der Waals surface area contributed by atoms with E-state index < -0.39 is 11.7 Å². The molecule has 1 aromatic carbocycles. The highest BCUT2D eigenvalue weighted by molar-refractivity contribution is 6.45. The Morgan fingerprint density at radius 3 is 2.45 bits per heavy atom. The number of nitrogens with one attached hydrogen (secondary N) is 1. The summed E-state index contributed by atoms with van der Waals surface area (Å²) < 4.78 is 5.36. The van der Waals surface area contributed by atoms with E-state index in [0.717, 1.165) is 12.8 Å². The van der Waals surface area contributed by atoms with Gasteiger partial charge in [0.2, 0.25) is 0 Å². The Kier molecular flexibility index (Phi) is 4.69. The van der Waals surface area contributed by atoms with E-state index in [0.29, 0.717) is 35.4 Å². The highest BCUT2D eigenvalue weighted by Gasteiger charge is 2.46. The van der Waals surface area contributed by atoms with Crippen molar-refractivity contribution in [2.75, 3.05) is 20.2 Å². The zero-order chi connectivity index (χ0) is 21.5. The van der Waals surface area contributed by atoms with Crippen molar-refractivity contribution in [2.24, 2.45) is 0 Å². The summed E-state index contributed by atoms with van der Waals surface area (Å²) in [5.74, 6) is -0.671. The minimum absolute atomic E-state index is 0.0386. The number of rotatable bonds is 4. The predicted octanol–water partition coefficient (Wildman–Crippen LogP) is 2.27. The number of fused-ring (bicyclic) bond motifs is 3. The second kappa shape index (κ2) is 7.54. The second-order valence-electron chi connectivity index (χ2n) is 7.94. The van der Waals surface area contributed by atoms with Gasteiger partial charge in [0.15, 0.2) is 0 Å². The third-order valence-electron chi connectivity index (χ3n) is 6.22. The Bertz CT molecular complexity index is 1160. The van der Waals surface area contributed by atoms with Gasteiger partial charge in [-0.1, -0.05) is 18.2 Å². The minimum Gasteiger partial charge on any atom is -0.496 e. The maximum Gasteiger partial charge on any atom is 0.295 e. The summed E-state index contributed by atoms with van der Waals surface area (Å²) in [4.78, 5) is 49.9. The summed E-state index contributed by atoms with van der Waals surface area (Å²) in [5.41, 5.74) is 1.39. The van der Waals surface area contributed by atoms with Gasteiger partial charge < -0.3 is 19.5 Å². The lowest BCUT2D eigenvalue weighted by atomic mass is 10.1. The SMILES string of the molecule is COc1ccnc2[nH]cc(C(=O)C(=O)N3[C@@H]4CC[C@H]3CN(C(=O)c3ccccc3)C4)c12. The van der Waals surface area contributed by atoms with Crippen LogP contribution in [0.2, 0.25) is 0 Å².